The molecule has 3 aliphatic rings. The summed E-state index contributed by atoms with van der Waals surface area (Å²) in [4.78, 5) is 38.4. The van der Waals surface area contributed by atoms with Crippen molar-refractivity contribution < 1.29 is 14.4 Å². The summed E-state index contributed by atoms with van der Waals surface area (Å²) >= 11 is 11.9. The second-order valence-corrected chi connectivity index (χ2v) is 7.28. The quantitative estimate of drug-likeness (QED) is 0.662. The van der Waals surface area contributed by atoms with Crippen molar-refractivity contribution >= 4 is 46.6 Å². The highest BCUT2D eigenvalue weighted by molar-refractivity contribution is 6.35. The van der Waals surface area contributed by atoms with E-state index in [0.717, 1.165) is 11.3 Å². The fourth-order valence-electron chi connectivity index (χ4n) is 4.05. The SMILES string of the molecule is O=C(CN1C(=O)[C@@H]2[C@@H](C1=O)[C@H]1C=C[C@H]2C1)Nc1cc(Cl)ccc1Cl. The third-order valence-corrected chi connectivity index (χ3v) is 5.63. The summed E-state index contributed by atoms with van der Waals surface area (Å²) in [6, 6.07) is 4.70. The number of imide groups is 1. The number of fused-ring (bicyclic) bond motifs is 5. The van der Waals surface area contributed by atoms with Gasteiger partial charge in [-0.15, -0.1) is 0 Å². The summed E-state index contributed by atoms with van der Waals surface area (Å²) in [5.74, 6) is -1.28. The number of allylic oxidation sites excluding steroid dienone is 2. The highest BCUT2D eigenvalue weighted by Gasteiger charge is 2.59. The van der Waals surface area contributed by atoms with Crippen LogP contribution in [0.25, 0.3) is 0 Å². The number of hydrogen-bond donors (Lipinski definition) is 1. The molecule has 1 N–H and O–H groups in total. The van der Waals surface area contributed by atoms with Crippen molar-refractivity contribution in [2.75, 3.05) is 11.9 Å². The molecule has 2 aliphatic carbocycles. The van der Waals surface area contributed by atoms with Crippen molar-refractivity contribution in [2.45, 2.75) is 6.42 Å². The van der Waals surface area contributed by atoms with Gasteiger partial charge < -0.3 is 5.32 Å². The molecule has 4 atom stereocenters. The molecule has 24 heavy (non-hydrogen) atoms. The summed E-state index contributed by atoms with van der Waals surface area (Å²) < 4.78 is 0. The Morgan fingerprint density at radius 2 is 1.75 bits per heavy atom. The van der Waals surface area contributed by atoms with E-state index in [4.69, 9.17) is 23.2 Å². The average Bonchev–Trinajstić information content (AvgIpc) is 3.21. The Bertz CT molecular complexity index is 762. The van der Waals surface area contributed by atoms with Crippen molar-refractivity contribution in [1.82, 2.24) is 4.90 Å². The smallest absolute Gasteiger partial charge is 0.244 e. The van der Waals surface area contributed by atoms with E-state index in [-0.39, 0.29) is 42.0 Å². The molecule has 124 valence electrons. The Kier molecular flexibility index (Phi) is 3.66. The molecule has 0 aromatic heterocycles. The highest BCUT2D eigenvalue weighted by atomic mass is 35.5. The summed E-state index contributed by atoms with van der Waals surface area (Å²) in [5.41, 5.74) is 0.357. The Hall–Kier alpha value is -1.85. The molecule has 1 heterocycles. The molecule has 1 aromatic rings. The Labute approximate surface area is 148 Å². The monoisotopic (exact) mass is 364 g/mol. The van der Waals surface area contributed by atoms with Gasteiger partial charge in [0.2, 0.25) is 17.7 Å². The van der Waals surface area contributed by atoms with Crippen molar-refractivity contribution in [3.05, 3.63) is 40.4 Å². The predicted molar refractivity (Wildman–Crippen MR) is 89.5 cm³/mol. The maximum atomic E-state index is 12.5. The van der Waals surface area contributed by atoms with Gasteiger partial charge in [-0.3, -0.25) is 19.3 Å². The van der Waals surface area contributed by atoms with Gasteiger partial charge in [-0.05, 0) is 36.5 Å². The lowest BCUT2D eigenvalue weighted by Crippen LogP contribution is -2.39. The first-order valence-electron chi connectivity index (χ1n) is 7.74. The number of hydrogen-bond acceptors (Lipinski definition) is 3. The molecule has 0 unspecified atom stereocenters. The zero-order valence-corrected chi connectivity index (χ0v) is 14.1. The number of likely N-dealkylation sites (tertiary alicyclic amines) is 1. The summed E-state index contributed by atoms with van der Waals surface area (Å²) in [5, 5.41) is 3.38. The van der Waals surface area contributed by atoms with E-state index in [2.05, 4.69) is 5.32 Å². The normalized spacial score (nSPS) is 30.2. The molecule has 2 bridgehead atoms. The molecule has 7 heteroatoms. The summed E-state index contributed by atoms with van der Waals surface area (Å²) in [6.07, 6.45) is 4.91. The van der Waals surface area contributed by atoms with Gasteiger partial charge in [0.25, 0.3) is 0 Å². The van der Waals surface area contributed by atoms with Crippen LogP contribution < -0.4 is 5.32 Å². The van der Waals surface area contributed by atoms with Crippen molar-refractivity contribution in [3.8, 4) is 0 Å². The third-order valence-electron chi connectivity index (χ3n) is 5.07. The number of anilines is 1. The predicted octanol–water partition coefficient (Wildman–Crippen LogP) is 2.74. The fourth-order valence-corrected chi connectivity index (χ4v) is 4.38. The first kappa shape index (κ1) is 15.7. The number of benzene rings is 1. The molecule has 4 rings (SSSR count). The van der Waals surface area contributed by atoms with Crippen LogP contribution in [0.1, 0.15) is 6.42 Å². The lowest BCUT2D eigenvalue weighted by Gasteiger charge is -2.17. The van der Waals surface area contributed by atoms with Gasteiger partial charge >= 0.3 is 0 Å². The first-order chi connectivity index (χ1) is 11.5. The lowest BCUT2D eigenvalue weighted by molar-refractivity contribution is -0.143. The Balaban J connectivity index is 1.48. The molecule has 0 radical (unpaired) electrons. The van der Waals surface area contributed by atoms with Gasteiger partial charge in [-0.1, -0.05) is 35.4 Å². The first-order valence-corrected chi connectivity index (χ1v) is 8.50. The number of rotatable bonds is 3. The van der Waals surface area contributed by atoms with E-state index in [1.54, 1.807) is 12.1 Å². The van der Waals surface area contributed by atoms with Crippen LogP contribution in [-0.4, -0.2) is 29.2 Å². The standard InChI is InChI=1S/C17H14Cl2N2O3/c18-10-3-4-11(19)12(6-10)20-13(22)7-21-16(23)14-8-1-2-9(5-8)15(14)17(21)24/h1-4,6,8-9,14-15H,5,7H2,(H,20,22)/t8-,9-,14-,15-/m0/s1. The van der Waals surface area contributed by atoms with Gasteiger partial charge in [0, 0.05) is 5.02 Å². The number of amides is 3. The van der Waals surface area contributed by atoms with Crippen LogP contribution in [0.2, 0.25) is 10.0 Å². The maximum Gasteiger partial charge on any atom is 0.244 e. The molecule has 1 aliphatic heterocycles. The van der Waals surface area contributed by atoms with E-state index in [9.17, 15) is 14.4 Å². The molecule has 0 spiro atoms. The van der Waals surface area contributed by atoms with Crippen LogP contribution >= 0.6 is 23.2 Å². The Morgan fingerprint density at radius 3 is 2.38 bits per heavy atom. The molecular formula is C17H14Cl2N2O3. The van der Waals surface area contributed by atoms with Crippen molar-refractivity contribution in [1.29, 1.82) is 0 Å². The maximum absolute atomic E-state index is 12.5. The number of nitrogens with one attached hydrogen (secondary N) is 1. The van der Waals surface area contributed by atoms with E-state index >= 15 is 0 Å². The van der Waals surface area contributed by atoms with Gasteiger partial charge in [0.15, 0.2) is 0 Å². The molecule has 5 nitrogen and oxygen atoms in total. The van der Waals surface area contributed by atoms with Crippen LogP contribution in [0.4, 0.5) is 5.69 Å². The van der Waals surface area contributed by atoms with Crippen LogP contribution in [0.3, 0.4) is 0 Å². The number of halogens is 2. The second kappa shape index (κ2) is 5.60. The zero-order valence-electron chi connectivity index (χ0n) is 12.5. The number of carbonyl (C=O) groups is 3. The topological polar surface area (TPSA) is 66.5 Å². The summed E-state index contributed by atoms with van der Waals surface area (Å²) in [6.45, 7) is -0.299. The summed E-state index contributed by atoms with van der Waals surface area (Å²) in [7, 11) is 0. The van der Waals surface area contributed by atoms with Crippen LogP contribution in [0.5, 0.6) is 0 Å². The second-order valence-electron chi connectivity index (χ2n) is 6.43. The number of carbonyl (C=O) groups excluding carboxylic acids is 3. The molecular weight excluding hydrogens is 351 g/mol. The van der Waals surface area contributed by atoms with Gasteiger partial charge in [-0.25, -0.2) is 0 Å². The Morgan fingerprint density at radius 1 is 1.12 bits per heavy atom. The van der Waals surface area contributed by atoms with Crippen LogP contribution in [-0.2, 0) is 14.4 Å². The van der Waals surface area contributed by atoms with E-state index in [0.29, 0.717) is 15.7 Å². The molecule has 2 fully saturated rings. The average molecular weight is 365 g/mol. The molecule has 1 aromatic carbocycles. The van der Waals surface area contributed by atoms with Crippen molar-refractivity contribution in [2.24, 2.45) is 23.7 Å². The van der Waals surface area contributed by atoms with E-state index in [1.807, 2.05) is 12.2 Å². The zero-order chi connectivity index (χ0) is 17.0. The minimum atomic E-state index is -0.471. The minimum absolute atomic E-state index is 0.131. The van der Waals surface area contributed by atoms with Crippen molar-refractivity contribution in [3.63, 3.8) is 0 Å². The number of nitrogens with zero attached hydrogens (tertiary/aromatic N) is 1. The highest BCUT2D eigenvalue weighted by Crippen LogP contribution is 2.52. The lowest BCUT2D eigenvalue weighted by atomic mass is 9.85. The fraction of sp³-hybridized carbons (Fsp3) is 0.353. The molecule has 3 amide bonds. The largest absolute Gasteiger partial charge is 0.323 e. The van der Waals surface area contributed by atoms with Gasteiger partial charge in [0.1, 0.15) is 6.54 Å². The van der Waals surface area contributed by atoms with E-state index < -0.39 is 5.91 Å². The minimum Gasteiger partial charge on any atom is -0.323 e. The van der Waals surface area contributed by atoms with Crippen LogP contribution in [0.15, 0.2) is 30.4 Å². The molecule has 1 saturated heterocycles. The van der Waals surface area contributed by atoms with Gasteiger partial charge in [-0.2, -0.15) is 0 Å². The van der Waals surface area contributed by atoms with Gasteiger partial charge in [0.05, 0.1) is 22.5 Å². The third kappa shape index (κ3) is 2.34. The van der Waals surface area contributed by atoms with E-state index in [1.165, 1.54) is 6.07 Å². The van der Waals surface area contributed by atoms with Crippen LogP contribution in [0, 0.1) is 23.7 Å². The molecule has 1 saturated carbocycles.